The van der Waals surface area contributed by atoms with Gasteiger partial charge < -0.3 is 14.1 Å². The smallest absolute Gasteiger partial charge is 0.289 e. The molecule has 0 N–H and O–H groups in total. The van der Waals surface area contributed by atoms with E-state index in [1.807, 2.05) is 4.90 Å². The van der Waals surface area contributed by atoms with Crippen molar-refractivity contribution in [3.8, 4) is 5.75 Å². The molecule has 28 heavy (non-hydrogen) atoms. The van der Waals surface area contributed by atoms with Gasteiger partial charge in [0.25, 0.3) is 5.91 Å². The van der Waals surface area contributed by atoms with Crippen LogP contribution in [-0.2, 0) is 0 Å². The molecule has 0 radical (unpaired) electrons. The van der Waals surface area contributed by atoms with Crippen LogP contribution < -0.4 is 4.74 Å². The van der Waals surface area contributed by atoms with E-state index in [2.05, 4.69) is 29.2 Å². The lowest BCUT2D eigenvalue weighted by Crippen LogP contribution is -2.60. The van der Waals surface area contributed by atoms with Gasteiger partial charge >= 0.3 is 0 Å². The van der Waals surface area contributed by atoms with Crippen LogP contribution in [0.15, 0.2) is 47.1 Å². The van der Waals surface area contributed by atoms with E-state index >= 15 is 0 Å². The summed E-state index contributed by atoms with van der Waals surface area (Å²) >= 11 is 0. The van der Waals surface area contributed by atoms with Crippen molar-refractivity contribution in [1.82, 2.24) is 9.80 Å². The number of rotatable bonds is 3. The molecule has 3 fully saturated rings. The van der Waals surface area contributed by atoms with Gasteiger partial charge in [-0.25, -0.2) is 0 Å². The molecule has 5 rings (SSSR count). The molecule has 3 saturated heterocycles. The molecule has 0 saturated carbocycles. The second kappa shape index (κ2) is 7.28. The Morgan fingerprint density at radius 1 is 1.11 bits per heavy atom. The predicted octanol–water partition coefficient (Wildman–Crippen LogP) is 3.98. The Balaban J connectivity index is 1.35. The van der Waals surface area contributed by atoms with Crippen molar-refractivity contribution < 1.29 is 13.9 Å². The van der Waals surface area contributed by atoms with Crippen LogP contribution in [0.25, 0.3) is 0 Å². The number of nitrogens with zero attached hydrogens (tertiary/aromatic N) is 2. The van der Waals surface area contributed by atoms with Crippen molar-refractivity contribution >= 4 is 5.91 Å². The zero-order chi connectivity index (χ0) is 19.1. The summed E-state index contributed by atoms with van der Waals surface area (Å²) in [7, 11) is 1.72. The zero-order valence-corrected chi connectivity index (χ0v) is 16.4. The van der Waals surface area contributed by atoms with Crippen LogP contribution in [0.5, 0.6) is 5.75 Å². The maximum absolute atomic E-state index is 12.8. The average Bonchev–Trinajstić information content (AvgIpc) is 3.28. The predicted molar refractivity (Wildman–Crippen MR) is 106 cm³/mol. The lowest BCUT2D eigenvalue weighted by Gasteiger charge is -2.55. The molecule has 3 aliphatic rings. The number of fused-ring (bicyclic) bond motifs is 4. The Morgan fingerprint density at radius 3 is 2.71 bits per heavy atom. The van der Waals surface area contributed by atoms with Crippen molar-refractivity contribution in [3.05, 3.63) is 54.0 Å². The summed E-state index contributed by atoms with van der Waals surface area (Å²) < 4.78 is 10.7. The fourth-order valence-corrected chi connectivity index (χ4v) is 5.71. The van der Waals surface area contributed by atoms with Gasteiger partial charge in [0.15, 0.2) is 5.76 Å². The number of methoxy groups -OCH3 is 1. The maximum atomic E-state index is 12.8. The molecule has 0 unspecified atom stereocenters. The van der Waals surface area contributed by atoms with Crippen LogP contribution in [-0.4, -0.2) is 48.5 Å². The largest absolute Gasteiger partial charge is 0.497 e. The first-order chi connectivity index (χ1) is 13.7. The van der Waals surface area contributed by atoms with Crippen molar-refractivity contribution in [2.24, 2.45) is 11.8 Å². The molecule has 4 heterocycles. The van der Waals surface area contributed by atoms with Crippen LogP contribution in [0.3, 0.4) is 0 Å². The maximum Gasteiger partial charge on any atom is 0.289 e. The highest BCUT2D eigenvalue weighted by molar-refractivity contribution is 5.91. The molecule has 0 aliphatic carbocycles. The summed E-state index contributed by atoms with van der Waals surface area (Å²) in [6, 6.07) is 13.2. The SMILES string of the molecule is COc1ccc([C@H]2CCC[C@H]3[C@@H]4C[C@@H](CN(C(=O)c5ccco5)C4)CN23)cc1. The zero-order valence-electron chi connectivity index (χ0n) is 16.4. The molecular formula is C23H28N2O3. The number of likely N-dealkylation sites (tertiary alicyclic amines) is 1. The second-order valence-electron chi connectivity index (χ2n) is 8.53. The molecule has 2 aromatic rings. The van der Waals surface area contributed by atoms with E-state index in [-0.39, 0.29) is 5.91 Å². The molecule has 0 spiro atoms. The van der Waals surface area contributed by atoms with Crippen LogP contribution in [0, 0.1) is 11.8 Å². The Labute approximate surface area is 166 Å². The van der Waals surface area contributed by atoms with Crippen LogP contribution in [0.4, 0.5) is 0 Å². The normalized spacial score (nSPS) is 30.0. The van der Waals surface area contributed by atoms with E-state index in [1.54, 1.807) is 25.5 Å². The minimum atomic E-state index is 0.0515. The average molecular weight is 380 g/mol. The number of piperidine rings is 3. The van der Waals surface area contributed by atoms with Gasteiger partial charge in [0.05, 0.1) is 13.4 Å². The number of hydrogen-bond acceptors (Lipinski definition) is 4. The van der Waals surface area contributed by atoms with Gasteiger partial charge in [-0.3, -0.25) is 9.69 Å². The van der Waals surface area contributed by atoms with Crippen molar-refractivity contribution in [1.29, 1.82) is 0 Å². The van der Waals surface area contributed by atoms with Crippen molar-refractivity contribution in [2.45, 2.75) is 37.8 Å². The number of ether oxygens (including phenoxy) is 1. The standard InChI is InChI=1S/C23H28N2O3/c1-27-19-9-7-17(8-10-19)20-4-2-5-21-18-12-16(14-25(20)21)13-24(15-18)23(26)22-6-3-11-28-22/h3,6-11,16,18,20-21H,2,4-5,12-15H2,1H3/t16-,18+,20+,21-/m0/s1. The first-order valence-electron chi connectivity index (χ1n) is 10.5. The van der Waals surface area contributed by atoms with E-state index in [4.69, 9.17) is 9.15 Å². The van der Waals surface area contributed by atoms with Crippen LogP contribution in [0.1, 0.15) is 47.8 Å². The highest BCUT2D eigenvalue weighted by Crippen LogP contribution is 2.44. The molecule has 4 atom stereocenters. The quantitative estimate of drug-likeness (QED) is 0.808. The topological polar surface area (TPSA) is 45.9 Å². The highest BCUT2D eigenvalue weighted by Gasteiger charge is 2.46. The number of furan rings is 1. The number of amides is 1. The van der Waals surface area contributed by atoms with Crippen LogP contribution >= 0.6 is 0 Å². The van der Waals surface area contributed by atoms with E-state index < -0.39 is 0 Å². The van der Waals surface area contributed by atoms with Gasteiger partial charge in [-0.15, -0.1) is 0 Å². The molecule has 1 aromatic carbocycles. The summed E-state index contributed by atoms with van der Waals surface area (Å²) in [5, 5.41) is 0. The van der Waals surface area contributed by atoms with Gasteiger partial charge in [0.2, 0.25) is 0 Å². The summed E-state index contributed by atoms with van der Waals surface area (Å²) in [6.07, 6.45) is 6.55. The molecule has 3 aliphatic heterocycles. The second-order valence-corrected chi connectivity index (χ2v) is 8.53. The van der Waals surface area contributed by atoms with Gasteiger partial charge in [0.1, 0.15) is 5.75 Å². The Hall–Kier alpha value is -2.27. The van der Waals surface area contributed by atoms with Crippen LogP contribution in [0.2, 0.25) is 0 Å². The van der Waals surface area contributed by atoms with Gasteiger partial charge in [-0.1, -0.05) is 12.1 Å². The van der Waals surface area contributed by atoms with E-state index in [9.17, 15) is 4.79 Å². The fraction of sp³-hybridized carbons (Fsp3) is 0.522. The lowest BCUT2D eigenvalue weighted by atomic mass is 9.74. The Morgan fingerprint density at radius 2 is 1.96 bits per heavy atom. The van der Waals surface area contributed by atoms with Gasteiger partial charge in [0, 0.05) is 31.7 Å². The monoisotopic (exact) mass is 380 g/mol. The summed E-state index contributed by atoms with van der Waals surface area (Å²) in [5.41, 5.74) is 1.40. The van der Waals surface area contributed by atoms with Gasteiger partial charge in [-0.05, 0) is 67.3 Å². The number of carbonyl (C=O) groups is 1. The summed E-state index contributed by atoms with van der Waals surface area (Å²) in [4.78, 5) is 17.6. The minimum absolute atomic E-state index is 0.0515. The molecule has 2 bridgehead atoms. The third-order valence-electron chi connectivity index (χ3n) is 6.91. The molecular weight excluding hydrogens is 352 g/mol. The molecule has 148 valence electrons. The molecule has 5 heteroatoms. The fourth-order valence-electron chi connectivity index (χ4n) is 5.71. The first kappa shape index (κ1) is 17.8. The third kappa shape index (κ3) is 3.12. The number of benzene rings is 1. The molecule has 1 aromatic heterocycles. The molecule has 1 amide bonds. The van der Waals surface area contributed by atoms with E-state index in [1.165, 1.54) is 31.2 Å². The summed E-state index contributed by atoms with van der Waals surface area (Å²) in [5.74, 6) is 2.55. The molecule has 5 nitrogen and oxygen atoms in total. The lowest BCUT2D eigenvalue weighted by molar-refractivity contribution is -0.0516. The van der Waals surface area contributed by atoms with Crippen molar-refractivity contribution in [2.75, 3.05) is 26.7 Å². The van der Waals surface area contributed by atoms with Crippen molar-refractivity contribution in [3.63, 3.8) is 0 Å². The first-order valence-corrected chi connectivity index (χ1v) is 10.5. The summed E-state index contributed by atoms with van der Waals surface area (Å²) in [6.45, 7) is 2.78. The van der Waals surface area contributed by atoms with E-state index in [0.29, 0.717) is 29.7 Å². The minimum Gasteiger partial charge on any atom is -0.497 e. The van der Waals surface area contributed by atoms with Gasteiger partial charge in [-0.2, -0.15) is 0 Å². The Bertz CT molecular complexity index is 817. The highest BCUT2D eigenvalue weighted by atomic mass is 16.5. The third-order valence-corrected chi connectivity index (χ3v) is 6.91. The number of carbonyl (C=O) groups excluding carboxylic acids is 1. The Kier molecular flexibility index (Phi) is 4.63. The number of hydrogen-bond donors (Lipinski definition) is 0. The van der Waals surface area contributed by atoms with E-state index in [0.717, 1.165) is 25.4 Å².